The van der Waals surface area contributed by atoms with Crippen LogP contribution in [0.1, 0.15) is 19.3 Å². The Morgan fingerprint density at radius 2 is 2.30 bits per heavy atom. The van der Waals surface area contributed by atoms with Crippen molar-refractivity contribution in [1.82, 2.24) is 19.8 Å². The third-order valence-electron chi connectivity index (χ3n) is 3.55. The lowest BCUT2D eigenvalue weighted by atomic mass is 10.3. The van der Waals surface area contributed by atoms with Gasteiger partial charge in [-0.25, -0.2) is 13.1 Å². The second-order valence-corrected chi connectivity index (χ2v) is 6.75. The molecule has 1 fully saturated rings. The Bertz CT molecular complexity index is 529. The monoisotopic (exact) mass is 302 g/mol. The van der Waals surface area contributed by atoms with Gasteiger partial charge in [0.05, 0.1) is 18.8 Å². The van der Waals surface area contributed by atoms with Crippen molar-refractivity contribution >= 4 is 10.0 Å². The number of methoxy groups -OCH3 is 1. The van der Waals surface area contributed by atoms with E-state index in [4.69, 9.17) is 4.74 Å². The van der Waals surface area contributed by atoms with Crippen molar-refractivity contribution < 1.29 is 13.2 Å². The first-order chi connectivity index (χ1) is 9.55. The summed E-state index contributed by atoms with van der Waals surface area (Å²) in [5.41, 5.74) is 0. The number of aromatic nitrogens is 2. The van der Waals surface area contributed by atoms with E-state index in [2.05, 4.69) is 15.1 Å². The molecule has 1 heterocycles. The molecule has 114 valence electrons. The van der Waals surface area contributed by atoms with Crippen LogP contribution >= 0.6 is 0 Å². The second-order valence-electron chi connectivity index (χ2n) is 5.03. The molecule has 8 heteroatoms. The van der Waals surface area contributed by atoms with Crippen molar-refractivity contribution in [3.05, 3.63) is 12.4 Å². The largest absolute Gasteiger partial charge is 0.381 e. The van der Waals surface area contributed by atoms with Gasteiger partial charge in [0.15, 0.2) is 0 Å². The van der Waals surface area contributed by atoms with Crippen LogP contribution in [0.4, 0.5) is 0 Å². The van der Waals surface area contributed by atoms with E-state index >= 15 is 0 Å². The molecule has 20 heavy (non-hydrogen) atoms. The van der Waals surface area contributed by atoms with E-state index in [1.807, 2.05) is 7.05 Å². The molecular weight excluding hydrogens is 280 g/mol. The van der Waals surface area contributed by atoms with E-state index in [0.717, 1.165) is 25.8 Å². The van der Waals surface area contributed by atoms with Crippen LogP contribution in [0.25, 0.3) is 0 Å². The summed E-state index contributed by atoms with van der Waals surface area (Å²) in [5, 5.41) is 7.05. The van der Waals surface area contributed by atoms with Gasteiger partial charge in [-0.2, -0.15) is 5.10 Å². The van der Waals surface area contributed by atoms with Crippen molar-refractivity contribution in [3.63, 3.8) is 0 Å². The van der Waals surface area contributed by atoms with Gasteiger partial charge < -0.3 is 10.1 Å². The van der Waals surface area contributed by atoms with E-state index in [9.17, 15) is 8.42 Å². The zero-order valence-electron chi connectivity index (χ0n) is 11.9. The Morgan fingerprint density at radius 1 is 1.50 bits per heavy atom. The molecule has 2 unspecified atom stereocenters. The fraction of sp³-hybridized carbons (Fsp3) is 0.750. The highest BCUT2D eigenvalue weighted by Crippen LogP contribution is 2.23. The van der Waals surface area contributed by atoms with Gasteiger partial charge in [0, 0.05) is 25.9 Å². The smallest absolute Gasteiger partial charge is 0.243 e. The minimum absolute atomic E-state index is 0.0504. The zero-order chi connectivity index (χ0) is 14.6. The molecule has 2 N–H and O–H groups in total. The molecule has 0 bridgehead atoms. The van der Waals surface area contributed by atoms with E-state index in [1.54, 1.807) is 18.0 Å². The van der Waals surface area contributed by atoms with Gasteiger partial charge in [-0.15, -0.1) is 0 Å². The molecule has 1 aromatic rings. The van der Waals surface area contributed by atoms with Crippen LogP contribution in [0.15, 0.2) is 17.3 Å². The number of nitrogens with zero attached hydrogens (tertiary/aromatic N) is 2. The van der Waals surface area contributed by atoms with Crippen LogP contribution in [0.3, 0.4) is 0 Å². The van der Waals surface area contributed by atoms with E-state index < -0.39 is 10.0 Å². The van der Waals surface area contributed by atoms with Gasteiger partial charge in [-0.05, 0) is 26.3 Å². The lowest BCUT2D eigenvalue weighted by molar-refractivity contribution is 0.107. The molecule has 1 saturated carbocycles. The van der Waals surface area contributed by atoms with Gasteiger partial charge >= 0.3 is 0 Å². The Morgan fingerprint density at radius 3 is 2.95 bits per heavy atom. The Labute approximate surface area is 119 Å². The summed E-state index contributed by atoms with van der Waals surface area (Å²) in [6, 6.07) is -0.0504. The highest BCUT2D eigenvalue weighted by atomic mass is 32.2. The molecule has 0 saturated heterocycles. The summed E-state index contributed by atoms with van der Waals surface area (Å²) in [7, 11) is 0.0135. The summed E-state index contributed by atoms with van der Waals surface area (Å²) in [6.07, 6.45) is 5.53. The molecule has 1 aliphatic rings. The molecule has 2 rings (SSSR count). The maximum atomic E-state index is 12.2. The number of ether oxygens (including phenoxy) is 1. The van der Waals surface area contributed by atoms with Crippen molar-refractivity contribution in [2.45, 2.75) is 42.8 Å². The SMILES string of the molecule is CNCCn1cc(S(=O)(=O)NC2CCC(OC)C2)cn1. The highest BCUT2D eigenvalue weighted by Gasteiger charge is 2.29. The Hall–Kier alpha value is -0.960. The normalized spacial score (nSPS) is 23.3. The first kappa shape index (κ1) is 15.4. The van der Waals surface area contributed by atoms with Gasteiger partial charge in [0.2, 0.25) is 10.0 Å². The van der Waals surface area contributed by atoms with Gasteiger partial charge in [0.1, 0.15) is 4.90 Å². The summed E-state index contributed by atoms with van der Waals surface area (Å²) < 4.78 is 34.1. The van der Waals surface area contributed by atoms with Crippen LogP contribution < -0.4 is 10.0 Å². The molecule has 1 aliphatic carbocycles. The minimum Gasteiger partial charge on any atom is -0.381 e. The molecular formula is C12H22N4O3S. The molecule has 0 aromatic carbocycles. The predicted octanol–water partition coefficient (Wildman–Crippen LogP) is -0.0517. The van der Waals surface area contributed by atoms with E-state index in [-0.39, 0.29) is 17.0 Å². The van der Waals surface area contributed by atoms with Crippen LogP contribution in [0.2, 0.25) is 0 Å². The van der Waals surface area contributed by atoms with Crippen molar-refractivity contribution in [2.75, 3.05) is 20.7 Å². The molecule has 0 amide bonds. The topological polar surface area (TPSA) is 85.2 Å². The van der Waals surface area contributed by atoms with E-state index in [0.29, 0.717) is 6.54 Å². The molecule has 7 nitrogen and oxygen atoms in total. The number of hydrogen-bond acceptors (Lipinski definition) is 5. The van der Waals surface area contributed by atoms with Crippen molar-refractivity contribution in [3.8, 4) is 0 Å². The average molecular weight is 302 g/mol. The van der Waals surface area contributed by atoms with Gasteiger partial charge in [-0.3, -0.25) is 4.68 Å². The lowest BCUT2D eigenvalue weighted by Crippen LogP contribution is -2.33. The fourth-order valence-corrected chi connectivity index (χ4v) is 3.62. The first-order valence-corrected chi connectivity index (χ1v) is 8.25. The van der Waals surface area contributed by atoms with E-state index in [1.165, 1.54) is 6.20 Å². The predicted molar refractivity (Wildman–Crippen MR) is 74.9 cm³/mol. The summed E-state index contributed by atoms with van der Waals surface area (Å²) in [6.45, 7) is 1.38. The maximum absolute atomic E-state index is 12.2. The molecule has 0 spiro atoms. The lowest BCUT2D eigenvalue weighted by Gasteiger charge is -2.12. The number of likely N-dealkylation sites (N-methyl/N-ethyl adjacent to an activating group) is 1. The standard InChI is InChI=1S/C12H22N4O3S/c1-13-5-6-16-9-12(8-14-16)20(17,18)15-10-3-4-11(7-10)19-2/h8-11,13,15H,3-7H2,1-2H3. The van der Waals surface area contributed by atoms with Crippen LogP contribution in [-0.4, -0.2) is 51.0 Å². The second kappa shape index (κ2) is 6.66. The first-order valence-electron chi connectivity index (χ1n) is 6.77. The summed E-state index contributed by atoms with van der Waals surface area (Å²) in [5.74, 6) is 0. The number of nitrogens with one attached hydrogen (secondary N) is 2. The molecule has 1 aromatic heterocycles. The van der Waals surface area contributed by atoms with Crippen molar-refractivity contribution in [2.24, 2.45) is 0 Å². The number of hydrogen-bond donors (Lipinski definition) is 2. The summed E-state index contributed by atoms with van der Waals surface area (Å²) >= 11 is 0. The van der Waals surface area contributed by atoms with Crippen LogP contribution in [0.5, 0.6) is 0 Å². The molecule has 0 aliphatic heterocycles. The third-order valence-corrected chi connectivity index (χ3v) is 5.03. The molecule has 0 radical (unpaired) electrons. The number of sulfonamides is 1. The summed E-state index contributed by atoms with van der Waals surface area (Å²) in [4.78, 5) is 0.217. The highest BCUT2D eigenvalue weighted by molar-refractivity contribution is 7.89. The zero-order valence-corrected chi connectivity index (χ0v) is 12.7. The van der Waals surface area contributed by atoms with Crippen molar-refractivity contribution in [1.29, 1.82) is 0 Å². The quantitative estimate of drug-likeness (QED) is 0.737. The average Bonchev–Trinajstić information content (AvgIpc) is 3.04. The minimum atomic E-state index is -3.49. The maximum Gasteiger partial charge on any atom is 0.243 e. The van der Waals surface area contributed by atoms with Gasteiger partial charge in [-0.1, -0.05) is 0 Å². The number of rotatable bonds is 7. The molecule has 2 atom stereocenters. The third kappa shape index (κ3) is 3.78. The Kier molecular flexibility index (Phi) is 5.14. The fourth-order valence-electron chi connectivity index (χ4n) is 2.38. The van der Waals surface area contributed by atoms with Crippen LogP contribution in [0, 0.1) is 0 Å². The Balaban J connectivity index is 1.98. The van der Waals surface area contributed by atoms with Gasteiger partial charge in [0.25, 0.3) is 0 Å². The van der Waals surface area contributed by atoms with Crippen LogP contribution in [-0.2, 0) is 21.3 Å².